The van der Waals surface area contributed by atoms with E-state index in [0.717, 1.165) is 11.3 Å². The molecule has 2 amide bonds. The van der Waals surface area contributed by atoms with Crippen molar-refractivity contribution in [2.24, 2.45) is 0 Å². The fraction of sp³-hybridized carbons (Fsp3) is 0.150. The van der Waals surface area contributed by atoms with Crippen molar-refractivity contribution in [1.29, 1.82) is 0 Å². The van der Waals surface area contributed by atoms with Gasteiger partial charge in [0.25, 0.3) is 5.91 Å². The van der Waals surface area contributed by atoms with Gasteiger partial charge in [-0.2, -0.15) is 5.10 Å². The van der Waals surface area contributed by atoms with Crippen LogP contribution in [-0.2, 0) is 11.2 Å². The minimum absolute atomic E-state index is 0.224. The van der Waals surface area contributed by atoms with Crippen LogP contribution in [0.1, 0.15) is 23.0 Å². The van der Waals surface area contributed by atoms with Gasteiger partial charge in [-0.15, -0.1) is 0 Å². The van der Waals surface area contributed by atoms with Gasteiger partial charge in [-0.1, -0.05) is 48.0 Å². The van der Waals surface area contributed by atoms with Crippen molar-refractivity contribution in [3.8, 4) is 5.69 Å². The first kappa shape index (κ1) is 18.7. The molecule has 0 saturated heterocycles. The molecular formula is C20H19ClN4O2. The number of benzene rings is 2. The summed E-state index contributed by atoms with van der Waals surface area (Å²) in [5, 5.41) is 10.5. The maximum absolute atomic E-state index is 12.5. The summed E-state index contributed by atoms with van der Waals surface area (Å²) in [6.45, 7) is 1.84. The van der Waals surface area contributed by atoms with Crippen LogP contribution in [0.4, 0.5) is 5.82 Å². The predicted molar refractivity (Wildman–Crippen MR) is 105 cm³/mol. The minimum atomic E-state index is -0.316. The molecule has 0 spiro atoms. The van der Waals surface area contributed by atoms with Crippen molar-refractivity contribution in [2.75, 3.05) is 11.9 Å². The van der Waals surface area contributed by atoms with E-state index in [1.807, 2.05) is 54.6 Å². The quantitative estimate of drug-likeness (QED) is 0.685. The number of amides is 2. The van der Waals surface area contributed by atoms with E-state index in [1.54, 1.807) is 6.07 Å². The van der Waals surface area contributed by atoms with Gasteiger partial charge in [-0.25, -0.2) is 4.68 Å². The second-order valence-corrected chi connectivity index (χ2v) is 6.35. The number of rotatable bonds is 6. The van der Waals surface area contributed by atoms with E-state index < -0.39 is 0 Å². The Morgan fingerprint density at radius 2 is 1.78 bits per heavy atom. The van der Waals surface area contributed by atoms with Gasteiger partial charge in [-0.3, -0.25) is 9.59 Å². The van der Waals surface area contributed by atoms with Crippen LogP contribution >= 0.6 is 11.6 Å². The number of hydrogen-bond acceptors (Lipinski definition) is 3. The van der Waals surface area contributed by atoms with Crippen molar-refractivity contribution >= 4 is 29.2 Å². The van der Waals surface area contributed by atoms with E-state index >= 15 is 0 Å². The van der Waals surface area contributed by atoms with E-state index in [9.17, 15) is 9.59 Å². The highest BCUT2D eigenvalue weighted by molar-refractivity contribution is 6.31. The van der Waals surface area contributed by atoms with Crippen LogP contribution in [0.2, 0.25) is 5.02 Å². The molecule has 0 atom stereocenters. The number of halogens is 1. The average molecular weight is 383 g/mol. The lowest BCUT2D eigenvalue weighted by Crippen LogP contribution is -2.26. The first-order valence-electron chi connectivity index (χ1n) is 8.49. The minimum Gasteiger partial charge on any atom is -0.350 e. The van der Waals surface area contributed by atoms with Crippen molar-refractivity contribution in [2.45, 2.75) is 13.3 Å². The number of aromatic nitrogens is 2. The Bertz CT molecular complexity index is 954. The van der Waals surface area contributed by atoms with E-state index in [-0.39, 0.29) is 17.5 Å². The Hall–Kier alpha value is -3.12. The second-order valence-electron chi connectivity index (χ2n) is 5.94. The van der Waals surface area contributed by atoms with Gasteiger partial charge in [0, 0.05) is 24.6 Å². The lowest BCUT2D eigenvalue weighted by Gasteiger charge is -2.06. The van der Waals surface area contributed by atoms with Crippen LogP contribution in [0.5, 0.6) is 0 Å². The van der Waals surface area contributed by atoms with E-state index in [2.05, 4.69) is 15.7 Å². The molecule has 1 heterocycles. The van der Waals surface area contributed by atoms with Crippen LogP contribution in [0.25, 0.3) is 5.69 Å². The molecule has 27 heavy (non-hydrogen) atoms. The number of hydrogen-bond donors (Lipinski definition) is 2. The van der Waals surface area contributed by atoms with Crippen LogP contribution in [0.3, 0.4) is 0 Å². The fourth-order valence-corrected chi connectivity index (χ4v) is 2.86. The Morgan fingerprint density at radius 1 is 1.07 bits per heavy atom. The first-order valence-corrected chi connectivity index (χ1v) is 8.87. The third kappa shape index (κ3) is 4.74. The molecule has 0 radical (unpaired) electrons. The largest absolute Gasteiger partial charge is 0.350 e. The van der Waals surface area contributed by atoms with E-state index in [0.29, 0.717) is 23.8 Å². The molecule has 0 unspecified atom stereocenters. The maximum Gasteiger partial charge on any atom is 0.271 e. The lowest BCUT2D eigenvalue weighted by molar-refractivity contribution is -0.114. The van der Waals surface area contributed by atoms with Gasteiger partial charge >= 0.3 is 0 Å². The number of carbonyl (C=O) groups is 2. The van der Waals surface area contributed by atoms with Gasteiger partial charge < -0.3 is 10.6 Å². The summed E-state index contributed by atoms with van der Waals surface area (Å²) in [5.74, 6) is -0.119. The van der Waals surface area contributed by atoms with Crippen LogP contribution in [0.15, 0.2) is 60.7 Å². The summed E-state index contributed by atoms with van der Waals surface area (Å²) in [4.78, 5) is 23.9. The number of nitrogens with one attached hydrogen (secondary N) is 2. The summed E-state index contributed by atoms with van der Waals surface area (Å²) in [6.07, 6.45) is 0.614. The smallest absolute Gasteiger partial charge is 0.271 e. The molecule has 0 aliphatic rings. The maximum atomic E-state index is 12.5. The lowest BCUT2D eigenvalue weighted by atomic mass is 10.1. The van der Waals surface area contributed by atoms with Gasteiger partial charge in [0.2, 0.25) is 5.91 Å². The van der Waals surface area contributed by atoms with Crippen molar-refractivity contribution in [3.63, 3.8) is 0 Å². The van der Waals surface area contributed by atoms with Gasteiger partial charge in [0.1, 0.15) is 5.82 Å². The first-order chi connectivity index (χ1) is 13.0. The zero-order valence-corrected chi connectivity index (χ0v) is 15.5. The highest BCUT2D eigenvalue weighted by Crippen LogP contribution is 2.18. The summed E-state index contributed by atoms with van der Waals surface area (Å²) >= 11 is 6.13. The fourth-order valence-electron chi connectivity index (χ4n) is 2.63. The van der Waals surface area contributed by atoms with E-state index in [4.69, 9.17) is 11.6 Å². The molecule has 138 valence electrons. The molecule has 3 rings (SSSR count). The molecule has 0 aliphatic carbocycles. The summed E-state index contributed by atoms with van der Waals surface area (Å²) < 4.78 is 1.53. The van der Waals surface area contributed by atoms with Crippen LogP contribution in [-0.4, -0.2) is 28.1 Å². The second kappa shape index (κ2) is 8.51. The van der Waals surface area contributed by atoms with E-state index in [1.165, 1.54) is 11.6 Å². The molecule has 1 aromatic heterocycles. The van der Waals surface area contributed by atoms with Gasteiger partial charge in [0.15, 0.2) is 5.69 Å². The summed E-state index contributed by atoms with van der Waals surface area (Å²) in [5.41, 5.74) is 1.94. The van der Waals surface area contributed by atoms with Crippen molar-refractivity contribution in [3.05, 3.63) is 76.9 Å². The highest BCUT2D eigenvalue weighted by atomic mass is 35.5. The van der Waals surface area contributed by atoms with Gasteiger partial charge in [-0.05, 0) is 30.2 Å². The molecule has 7 heteroatoms. The molecule has 0 aliphatic heterocycles. The monoisotopic (exact) mass is 382 g/mol. The number of nitrogens with zero attached hydrogens (tertiary/aromatic N) is 2. The third-order valence-corrected chi connectivity index (χ3v) is 4.25. The number of carbonyl (C=O) groups excluding carboxylic acids is 2. The summed E-state index contributed by atoms with van der Waals surface area (Å²) in [7, 11) is 0. The normalized spacial score (nSPS) is 10.4. The molecule has 0 bridgehead atoms. The van der Waals surface area contributed by atoms with Crippen LogP contribution in [0, 0.1) is 0 Å². The van der Waals surface area contributed by atoms with Crippen molar-refractivity contribution in [1.82, 2.24) is 15.1 Å². The van der Waals surface area contributed by atoms with Crippen LogP contribution < -0.4 is 10.6 Å². The molecule has 6 nitrogen and oxygen atoms in total. The van der Waals surface area contributed by atoms with Crippen molar-refractivity contribution < 1.29 is 9.59 Å². The summed E-state index contributed by atoms with van der Waals surface area (Å²) in [6, 6.07) is 18.4. The topological polar surface area (TPSA) is 76.0 Å². The third-order valence-electron chi connectivity index (χ3n) is 3.88. The zero-order valence-electron chi connectivity index (χ0n) is 14.8. The Morgan fingerprint density at radius 3 is 2.48 bits per heavy atom. The molecule has 2 N–H and O–H groups in total. The number of para-hydroxylation sites is 1. The molecule has 0 saturated carbocycles. The standard InChI is InChI=1S/C20H19ClN4O2/c1-14(26)23-19-13-18(24-25(19)16-8-3-2-4-9-16)20(27)22-12-11-15-7-5-6-10-17(15)21/h2-10,13H,11-12H2,1H3,(H,22,27)(H,23,26). The molecule has 2 aromatic carbocycles. The Balaban J connectivity index is 1.73. The zero-order chi connectivity index (χ0) is 19.2. The molecular weight excluding hydrogens is 364 g/mol. The predicted octanol–water partition coefficient (Wildman–Crippen LogP) is 3.46. The Labute approximate surface area is 162 Å². The molecule has 0 fully saturated rings. The Kier molecular flexibility index (Phi) is 5.88. The number of anilines is 1. The average Bonchev–Trinajstić information content (AvgIpc) is 3.07. The SMILES string of the molecule is CC(=O)Nc1cc(C(=O)NCCc2ccccc2Cl)nn1-c1ccccc1. The highest BCUT2D eigenvalue weighted by Gasteiger charge is 2.16. The molecule has 3 aromatic rings. The van der Waals surface area contributed by atoms with Gasteiger partial charge in [0.05, 0.1) is 5.69 Å².